The van der Waals surface area contributed by atoms with E-state index in [9.17, 15) is 20.0 Å². The van der Waals surface area contributed by atoms with Crippen molar-refractivity contribution < 1.29 is 14.8 Å². The van der Waals surface area contributed by atoms with E-state index in [1.54, 1.807) is 4.68 Å². The molecule has 158 valence electrons. The Bertz CT molecular complexity index is 1250. The predicted molar refractivity (Wildman–Crippen MR) is 117 cm³/mol. The number of nitrogens with one attached hydrogen (secondary N) is 1. The minimum atomic E-state index is -0.682. The largest absolute Gasteiger partial charge is 0.507 e. The number of phenols is 1. The number of nitrogens with zero attached hydrogens (tertiary/aromatic N) is 5. The normalized spacial score (nSPS) is 10.9. The van der Waals surface area contributed by atoms with Crippen LogP contribution >= 0.6 is 0 Å². The van der Waals surface area contributed by atoms with Crippen LogP contribution < -0.4 is 5.43 Å². The number of carbonyl (C=O) groups excluding carboxylic acids is 1. The number of para-hydroxylation sites is 1. The SMILES string of the molecule is O=C(N/N=C\c1cc([N+](=O)[O-])ccc1O)c1nc(-c2ccccc2)n(-c2ccccc2)n1. The highest BCUT2D eigenvalue weighted by Crippen LogP contribution is 2.22. The summed E-state index contributed by atoms with van der Waals surface area (Å²) in [5.41, 5.74) is 3.63. The second-order valence-electron chi connectivity index (χ2n) is 6.57. The fourth-order valence-electron chi connectivity index (χ4n) is 2.90. The van der Waals surface area contributed by atoms with Gasteiger partial charge in [0.15, 0.2) is 5.82 Å². The van der Waals surface area contributed by atoms with E-state index in [0.29, 0.717) is 5.82 Å². The smallest absolute Gasteiger partial charge is 0.311 e. The summed E-state index contributed by atoms with van der Waals surface area (Å²) in [6.07, 6.45) is 1.10. The van der Waals surface area contributed by atoms with E-state index >= 15 is 0 Å². The van der Waals surface area contributed by atoms with E-state index in [4.69, 9.17) is 0 Å². The molecule has 2 N–H and O–H groups in total. The van der Waals surface area contributed by atoms with Crippen molar-refractivity contribution in [3.63, 3.8) is 0 Å². The molecule has 4 rings (SSSR count). The quantitative estimate of drug-likeness (QED) is 0.275. The van der Waals surface area contributed by atoms with Crippen LogP contribution in [0.2, 0.25) is 0 Å². The molecule has 0 spiro atoms. The number of non-ortho nitro benzene ring substituents is 1. The standard InChI is InChI=1S/C22H16N6O4/c29-19-12-11-18(28(31)32)13-16(19)14-23-25-22(30)20-24-21(15-7-3-1-4-8-15)27(26-20)17-9-5-2-6-10-17/h1-14,29H,(H,25,30)/b23-14-. The summed E-state index contributed by atoms with van der Waals surface area (Å²) < 4.78 is 1.56. The highest BCUT2D eigenvalue weighted by atomic mass is 16.6. The van der Waals surface area contributed by atoms with Gasteiger partial charge in [-0.15, -0.1) is 5.10 Å². The fraction of sp³-hybridized carbons (Fsp3) is 0. The maximum atomic E-state index is 12.6. The second kappa shape index (κ2) is 8.88. The highest BCUT2D eigenvalue weighted by Gasteiger charge is 2.18. The van der Waals surface area contributed by atoms with Crippen LogP contribution in [0.25, 0.3) is 17.1 Å². The molecule has 4 aromatic rings. The summed E-state index contributed by atoms with van der Waals surface area (Å²) >= 11 is 0. The zero-order chi connectivity index (χ0) is 22.5. The molecule has 1 aromatic heterocycles. The summed E-state index contributed by atoms with van der Waals surface area (Å²) in [4.78, 5) is 27.2. The number of aromatic nitrogens is 3. The Morgan fingerprint density at radius 2 is 1.75 bits per heavy atom. The summed E-state index contributed by atoms with van der Waals surface area (Å²) in [5.74, 6) is -0.542. The predicted octanol–water partition coefficient (Wildman–Crippen LogP) is 3.31. The van der Waals surface area contributed by atoms with E-state index in [1.807, 2.05) is 60.7 Å². The number of nitro groups is 1. The van der Waals surface area contributed by atoms with Crippen molar-refractivity contribution in [2.24, 2.45) is 5.10 Å². The van der Waals surface area contributed by atoms with E-state index in [1.165, 1.54) is 6.07 Å². The first-order chi connectivity index (χ1) is 15.5. The number of rotatable bonds is 6. The number of carbonyl (C=O) groups is 1. The first-order valence-electron chi connectivity index (χ1n) is 9.41. The number of nitro benzene ring substituents is 1. The van der Waals surface area contributed by atoms with E-state index in [-0.39, 0.29) is 22.8 Å². The molecule has 0 saturated carbocycles. The van der Waals surface area contributed by atoms with Crippen molar-refractivity contribution in [3.05, 3.63) is 100 Å². The molecular formula is C22H16N6O4. The first kappa shape index (κ1) is 20.4. The van der Waals surface area contributed by atoms with Gasteiger partial charge < -0.3 is 5.11 Å². The van der Waals surface area contributed by atoms with Gasteiger partial charge in [-0.25, -0.2) is 15.1 Å². The van der Waals surface area contributed by atoms with Crippen LogP contribution in [0.4, 0.5) is 5.69 Å². The minimum absolute atomic E-state index is 0.0762. The molecule has 0 aliphatic heterocycles. The molecule has 0 saturated heterocycles. The lowest BCUT2D eigenvalue weighted by Crippen LogP contribution is -2.19. The number of hydrogen-bond acceptors (Lipinski definition) is 7. The average molecular weight is 428 g/mol. The van der Waals surface area contributed by atoms with E-state index in [0.717, 1.165) is 29.6 Å². The Morgan fingerprint density at radius 1 is 1.06 bits per heavy atom. The molecule has 1 amide bonds. The maximum absolute atomic E-state index is 12.6. The van der Waals surface area contributed by atoms with Crippen LogP contribution in [-0.2, 0) is 0 Å². The Labute approximate surface area is 181 Å². The molecule has 0 bridgehead atoms. The minimum Gasteiger partial charge on any atom is -0.507 e. The van der Waals surface area contributed by atoms with Crippen molar-refractivity contribution in [2.75, 3.05) is 0 Å². The second-order valence-corrected chi connectivity index (χ2v) is 6.57. The van der Waals surface area contributed by atoms with Crippen LogP contribution in [0.3, 0.4) is 0 Å². The van der Waals surface area contributed by atoms with Gasteiger partial charge in [0.25, 0.3) is 5.69 Å². The molecule has 0 atom stereocenters. The molecule has 0 aliphatic carbocycles. The average Bonchev–Trinajstić information content (AvgIpc) is 3.27. The fourth-order valence-corrected chi connectivity index (χ4v) is 2.90. The number of aromatic hydroxyl groups is 1. The summed E-state index contributed by atoms with van der Waals surface area (Å²) in [6, 6.07) is 22.0. The molecule has 0 fully saturated rings. The van der Waals surface area contributed by atoms with Gasteiger partial charge in [-0.3, -0.25) is 14.9 Å². The monoisotopic (exact) mass is 428 g/mol. The van der Waals surface area contributed by atoms with Gasteiger partial charge in [0, 0.05) is 23.3 Å². The lowest BCUT2D eigenvalue weighted by Gasteiger charge is -2.05. The Balaban J connectivity index is 1.61. The molecular weight excluding hydrogens is 412 g/mol. The van der Waals surface area contributed by atoms with Gasteiger partial charge in [-0.1, -0.05) is 48.5 Å². The number of hydrazone groups is 1. The molecule has 0 radical (unpaired) electrons. The van der Waals surface area contributed by atoms with Gasteiger partial charge >= 0.3 is 5.91 Å². The Kier molecular flexibility index (Phi) is 5.66. The van der Waals surface area contributed by atoms with Gasteiger partial charge in [0.05, 0.1) is 16.8 Å². The van der Waals surface area contributed by atoms with Crippen molar-refractivity contribution in [2.45, 2.75) is 0 Å². The van der Waals surface area contributed by atoms with Crippen molar-refractivity contribution >= 4 is 17.8 Å². The number of phenolic OH excluding ortho intramolecular Hbond substituents is 1. The third-order valence-corrected chi connectivity index (χ3v) is 4.43. The molecule has 0 aliphatic rings. The zero-order valence-electron chi connectivity index (χ0n) is 16.5. The number of benzene rings is 3. The topological polar surface area (TPSA) is 136 Å². The molecule has 32 heavy (non-hydrogen) atoms. The van der Waals surface area contributed by atoms with Gasteiger partial charge in [-0.05, 0) is 18.2 Å². The van der Waals surface area contributed by atoms with E-state index < -0.39 is 10.8 Å². The van der Waals surface area contributed by atoms with Crippen molar-refractivity contribution in [3.8, 4) is 22.8 Å². The third-order valence-electron chi connectivity index (χ3n) is 4.43. The molecule has 10 heteroatoms. The molecule has 3 aromatic carbocycles. The summed E-state index contributed by atoms with van der Waals surface area (Å²) in [5, 5.41) is 28.8. The van der Waals surface area contributed by atoms with Crippen LogP contribution in [-0.4, -0.2) is 36.9 Å². The number of amides is 1. The lowest BCUT2D eigenvalue weighted by atomic mass is 10.2. The Morgan fingerprint density at radius 3 is 2.44 bits per heavy atom. The van der Waals surface area contributed by atoms with Gasteiger partial charge in [-0.2, -0.15) is 5.10 Å². The lowest BCUT2D eigenvalue weighted by molar-refractivity contribution is -0.384. The van der Waals surface area contributed by atoms with Crippen molar-refractivity contribution in [1.29, 1.82) is 0 Å². The summed E-state index contributed by atoms with van der Waals surface area (Å²) in [6.45, 7) is 0. The van der Waals surface area contributed by atoms with Crippen LogP contribution in [0.5, 0.6) is 5.75 Å². The van der Waals surface area contributed by atoms with Crippen LogP contribution in [0.15, 0.2) is 84.0 Å². The highest BCUT2D eigenvalue weighted by molar-refractivity contribution is 5.92. The zero-order valence-corrected chi connectivity index (χ0v) is 16.5. The molecule has 0 unspecified atom stereocenters. The first-order valence-corrected chi connectivity index (χ1v) is 9.41. The summed E-state index contributed by atoms with van der Waals surface area (Å²) in [7, 11) is 0. The van der Waals surface area contributed by atoms with Crippen LogP contribution in [0.1, 0.15) is 16.2 Å². The molecule has 1 heterocycles. The van der Waals surface area contributed by atoms with Crippen molar-refractivity contribution in [1.82, 2.24) is 20.2 Å². The Hall–Kier alpha value is -4.86. The van der Waals surface area contributed by atoms with Crippen LogP contribution in [0, 0.1) is 10.1 Å². The maximum Gasteiger partial charge on any atom is 0.311 e. The third kappa shape index (κ3) is 4.33. The van der Waals surface area contributed by atoms with E-state index in [2.05, 4.69) is 20.6 Å². The molecule has 10 nitrogen and oxygen atoms in total. The number of hydrogen-bond donors (Lipinski definition) is 2. The van der Waals surface area contributed by atoms with Gasteiger partial charge in [0.1, 0.15) is 5.75 Å². The van der Waals surface area contributed by atoms with Gasteiger partial charge in [0.2, 0.25) is 5.82 Å².